The van der Waals surface area contributed by atoms with Crippen LogP contribution in [0.15, 0.2) is 121 Å². The second-order valence-corrected chi connectivity index (χ2v) is 16.6. The van der Waals surface area contributed by atoms with E-state index in [4.69, 9.17) is 0 Å². The van der Waals surface area contributed by atoms with E-state index in [1.54, 1.807) is 11.1 Å². The largest absolute Gasteiger partial charge is 0.310 e. The molecule has 5 aromatic carbocycles. The topological polar surface area (TPSA) is 8.17 Å². The molecule has 6 aliphatic rings. The van der Waals surface area contributed by atoms with E-state index in [0.717, 1.165) is 47.3 Å². The van der Waals surface area contributed by atoms with Crippen molar-refractivity contribution in [3.05, 3.63) is 132 Å². The van der Waals surface area contributed by atoms with Gasteiger partial charge in [-0.15, -0.1) is 0 Å². The Kier molecular flexibility index (Phi) is 6.47. The van der Waals surface area contributed by atoms with Crippen molar-refractivity contribution < 1.29 is 0 Å². The van der Waals surface area contributed by atoms with Gasteiger partial charge in [-0.2, -0.15) is 0 Å². The lowest BCUT2D eigenvalue weighted by atomic mass is 9.51. The molecule has 6 aliphatic carbocycles. The van der Waals surface area contributed by atoms with Crippen molar-refractivity contribution in [3.8, 4) is 5.69 Å². The van der Waals surface area contributed by atoms with Gasteiger partial charge in [-0.1, -0.05) is 73.2 Å². The summed E-state index contributed by atoms with van der Waals surface area (Å²) in [7, 11) is 0. The molecule has 2 nitrogen and oxygen atoms in total. The molecule has 0 N–H and O–H groups in total. The molecule has 244 valence electrons. The fourth-order valence-electron chi connectivity index (χ4n) is 12.2. The van der Waals surface area contributed by atoms with Crippen LogP contribution in [0.3, 0.4) is 0 Å². The first-order chi connectivity index (χ1) is 24.2. The minimum Gasteiger partial charge on any atom is -0.310 e. The third kappa shape index (κ3) is 4.59. The van der Waals surface area contributed by atoms with E-state index in [1.165, 1.54) is 102 Å². The molecule has 1 aromatic heterocycles. The summed E-state index contributed by atoms with van der Waals surface area (Å²) in [6.45, 7) is 0. The maximum absolute atomic E-state index is 2.51. The van der Waals surface area contributed by atoms with Crippen LogP contribution >= 0.6 is 0 Å². The third-order valence-corrected chi connectivity index (χ3v) is 14.0. The van der Waals surface area contributed by atoms with Crippen LogP contribution in [-0.4, -0.2) is 4.57 Å². The highest BCUT2D eigenvalue weighted by molar-refractivity contribution is 6.10. The molecule has 6 fully saturated rings. The first-order valence-corrected chi connectivity index (χ1v) is 19.3. The maximum Gasteiger partial charge on any atom is 0.0561 e. The molecule has 2 heteroatoms. The Morgan fingerprint density at radius 3 is 1.73 bits per heavy atom. The lowest BCUT2D eigenvalue weighted by molar-refractivity contribution is -0.00277. The highest BCUT2D eigenvalue weighted by Crippen LogP contribution is 2.60. The van der Waals surface area contributed by atoms with Crippen LogP contribution in [-0.2, 0) is 0 Å². The SMILES string of the molecule is c1ccc(-n2c3ccccc3c3ccc(N(c4ccc(C5CC6CCC5C6)cc4)c4ccc(C5C6CC7CC(C6)CC5C7)cc4)cc32)cc1. The van der Waals surface area contributed by atoms with Crippen LogP contribution in [0.5, 0.6) is 0 Å². The maximum atomic E-state index is 2.51. The van der Waals surface area contributed by atoms with Crippen LogP contribution in [0.4, 0.5) is 17.1 Å². The first kappa shape index (κ1) is 28.5. The normalized spacial score (nSPS) is 29.7. The second kappa shape index (κ2) is 11.1. The minimum atomic E-state index is 0.749. The van der Waals surface area contributed by atoms with Crippen LogP contribution in [0, 0.1) is 35.5 Å². The third-order valence-electron chi connectivity index (χ3n) is 14.0. The van der Waals surface area contributed by atoms with Crippen LogP contribution in [0.1, 0.15) is 80.8 Å². The Labute approximate surface area is 290 Å². The van der Waals surface area contributed by atoms with Crippen LogP contribution in [0.2, 0.25) is 0 Å². The molecule has 0 saturated heterocycles. The monoisotopic (exact) mass is 638 g/mol. The Hall–Kier alpha value is -4.30. The number of hydrogen-bond donors (Lipinski definition) is 0. The summed E-state index contributed by atoms with van der Waals surface area (Å²) >= 11 is 0. The van der Waals surface area contributed by atoms with Gasteiger partial charge in [0, 0.05) is 33.5 Å². The highest BCUT2D eigenvalue weighted by atomic mass is 15.1. The van der Waals surface area contributed by atoms with E-state index in [-0.39, 0.29) is 0 Å². The predicted octanol–water partition coefficient (Wildman–Crippen LogP) is 12.7. The second-order valence-electron chi connectivity index (χ2n) is 16.6. The minimum absolute atomic E-state index is 0.749. The van der Waals surface area contributed by atoms with E-state index < -0.39 is 0 Å². The molecule has 12 rings (SSSR count). The van der Waals surface area contributed by atoms with Crippen LogP contribution < -0.4 is 4.90 Å². The zero-order valence-electron chi connectivity index (χ0n) is 28.4. The molecular formula is C47H46N2. The Morgan fingerprint density at radius 2 is 1.06 bits per heavy atom. The van der Waals surface area contributed by atoms with Gasteiger partial charge in [-0.05, 0) is 164 Å². The smallest absolute Gasteiger partial charge is 0.0561 e. The van der Waals surface area contributed by atoms with Gasteiger partial charge in [-0.3, -0.25) is 0 Å². The molecular weight excluding hydrogens is 593 g/mol. The summed E-state index contributed by atoms with van der Waals surface area (Å²) < 4.78 is 2.44. The van der Waals surface area contributed by atoms with Crippen molar-refractivity contribution in [1.82, 2.24) is 4.57 Å². The summed E-state index contributed by atoms with van der Waals surface area (Å²) in [5, 5.41) is 2.60. The Morgan fingerprint density at radius 1 is 0.449 bits per heavy atom. The number of fused-ring (bicyclic) bond motifs is 5. The predicted molar refractivity (Wildman–Crippen MR) is 203 cm³/mol. The summed E-state index contributed by atoms with van der Waals surface area (Å²) in [6, 6.07) is 46.4. The van der Waals surface area contributed by atoms with E-state index >= 15 is 0 Å². The molecule has 0 radical (unpaired) electrons. The van der Waals surface area contributed by atoms with Crippen molar-refractivity contribution >= 4 is 38.9 Å². The quantitative estimate of drug-likeness (QED) is 0.176. The fourth-order valence-corrected chi connectivity index (χ4v) is 12.2. The van der Waals surface area contributed by atoms with Crippen molar-refractivity contribution in [2.75, 3.05) is 4.90 Å². The number of aromatic nitrogens is 1. The number of hydrogen-bond acceptors (Lipinski definition) is 1. The first-order valence-electron chi connectivity index (χ1n) is 19.3. The average molecular weight is 639 g/mol. The molecule has 0 spiro atoms. The summed E-state index contributed by atoms with van der Waals surface area (Å²) in [5.41, 5.74) is 10.5. The average Bonchev–Trinajstić information content (AvgIpc) is 3.86. The van der Waals surface area contributed by atoms with Gasteiger partial charge in [-0.25, -0.2) is 0 Å². The fraction of sp³-hybridized carbons (Fsp3) is 0.362. The number of benzene rings is 5. The number of anilines is 3. The van der Waals surface area contributed by atoms with E-state index in [1.807, 2.05) is 0 Å². The standard InChI is InChI=1S/C47H46N2/c1-2-6-38(7-3-1)49-45-9-5-4-8-42(45)43-21-20-41(29-46(43)49)48(39-16-12-33(13-17-39)44-28-30-10-11-35(44)23-30)40-18-14-34(15-19-40)47-36-24-31-22-32(26-36)27-37(47)25-31/h1-9,12-21,29-32,35-37,44,47H,10-11,22-28H2. The molecule has 3 unspecified atom stereocenters. The molecule has 0 amide bonds. The number of nitrogens with zero attached hydrogens (tertiary/aromatic N) is 2. The molecule has 6 aromatic rings. The Bertz CT molecular complexity index is 2130. The van der Waals surface area contributed by atoms with E-state index in [9.17, 15) is 0 Å². The molecule has 6 saturated carbocycles. The zero-order chi connectivity index (χ0) is 32.1. The van der Waals surface area contributed by atoms with Crippen molar-refractivity contribution in [2.45, 2.75) is 69.6 Å². The molecule has 49 heavy (non-hydrogen) atoms. The van der Waals surface area contributed by atoms with Crippen molar-refractivity contribution in [3.63, 3.8) is 0 Å². The van der Waals surface area contributed by atoms with Crippen molar-refractivity contribution in [1.29, 1.82) is 0 Å². The molecule has 6 bridgehead atoms. The summed E-state index contributed by atoms with van der Waals surface area (Å²) in [5.74, 6) is 7.19. The van der Waals surface area contributed by atoms with Gasteiger partial charge >= 0.3 is 0 Å². The van der Waals surface area contributed by atoms with E-state index in [0.29, 0.717) is 0 Å². The van der Waals surface area contributed by atoms with Gasteiger partial charge in [0.2, 0.25) is 0 Å². The van der Waals surface area contributed by atoms with Crippen molar-refractivity contribution in [2.24, 2.45) is 35.5 Å². The van der Waals surface area contributed by atoms with Crippen LogP contribution in [0.25, 0.3) is 27.5 Å². The molecule has 1 heterocycles. The van der Waals surface area contributed by atoms with Gasteiger partial charge in [0.1, 0.15) is 0 Å². The number of rotatable bonds is 6. The highest BCUT2D eigenvalue weighted by Gasteiger charge is 2.48. The lowest BCUT2D eigenvalue weighted by Gasteiger charge is -2.54. The molecule has 3 atom stereocenters. The van der Waals surface area contributed by atoms with Gasteiger partial charge < -0.3 is 9.47 Å². The van der Waals surface area contributed by atoms with Gasteiger partial charge in [0.15, 0.2) is 0 Å². The van der Waals surface area contributed by atoms with E-state index in [2.05, 4.69) is 131 Å². The molecule has 0 aliphatic heterocycles. The lowest BCUT2D eigenvalue weighted by Crippen LogP contribution is -2.43. The summed E-state index contributed by atoms with van der Waals surface area (Å²) in [4.78, 5) is 2.51. The zero-order valence-corrected chi connectivity index (χ0v) is 28.4. The number of para-hydroxylation sites is 2. The van der Waals surface area contributed by atoms with Gasteiger partial charge in [0.25, 0.3) is 0 Å². The summed E-state index contributed by atoms with van der Waals surface area (Å²) in [6.07, 6.45) is 13.1. The van der Waals surface area contributed by atoms with Gasteiger partial charge in [0.05, 0.1) is 11.0 Å². The Balaban J connectivity index is 1.02.